The van der Waals surface area contributed by atoms with Gasteiger partial charge in [-0.1, -0.05) is 66.2 Å². The fourth-order valence-corrected chi connectivity index (χ4v) is 4.47. The third kappa shape index (κ3) is 8.23. The Morgan fingerprint density at radius 3 is 2.50 bits per heavy atom. The van der Waals surface area contributed by atoms with E-state index in [1.54, 1.807) is 25.3 Å². The van der Waals surface area contributed by atoms with Crippen LogP contribution < -0.4 is 5.73 Å². The number of benzene rings is 3. The monoisotopic (exact) mass is 535 g/mol. The summed E-state index contributed by atoms with van der Waals surface area (Å²) in [6, 6.07) is 25.0. The maximum absolute atomic E-state index is 13.5. The summed E-state index contributed by atoms with van der Waals surface area (Å²) < 4.78 is 5.15. The zero-order valence-corrected chi connectivity index (χ0v) is 23.6. The highest BCUT2D eigenvalue weighted by atomic mass is 16.5. The topological polar surface area (TPSA) is 104 Å². The number of amides is 1. The fourth-order valence-electron chi connectivity index (χ4n) is 4.47. The largest absolute Gasteiger partial charge is 0.482 e. The number of nitriles is 1. The van der Waals surface area contributed by atoms with Crippen LogP contribution >= 0.6 is 0 Å². The van der Waals surface area contributed by atoms with Gasteiger partial charge < -0.3 is 15.4 Å². The van der Waals surface area contributed by atoms with E-state index in [9.17, 15) is 10.1 Å². The second kappa shape index (κ2) is 15.2. The zero-order chi connectivity index (χ0) is 28.9. The van der Waals surface area contributed by atoms with Gasteiger partial charge in [0.05, 0.1) is 37.0 Å². The summed E-state index contributed by atoms with van der Waals surface area (Å²) >= 11 is 0. The van der Waals surface area contributed by atoms with Crippen LogP contribution in [0.25, 0.3) is 11.1 Å². The molecule has 0 spiro atoms. The van der Waals surface area contributed by atoms with Crippen LogP contribution in [-0.2, 0) is 4.74 Å². The van der Waals surface area contributed by atoms with E-state index in [0.717, 1.165) is 24.0 Å². The van der Waals surface area contributed by atoms with Gasteiger partial charge in [0.1, 0.15) is 0 Å². The molecule has 2 unspecified atom stereocenters. The number of carbonyl (C=O) groups is 1. The van der Waals surface area contributed by atoms with Gasteiger partial charge in [-0.3, -0.25) is 4.79 Å². The first kappa shape index (κ1) is 30.0. The summed E-state index contributed by atoms with van der Waals surface area (Å²) in [5.74, 6) is 0.262. The number of hydrogen-bond acceptors (Lipinski definition) is 6. The number of allylic oxidation sites excluding steroid dienone is 1. The van der Waals surface area contributed by atoms with Crippen molar-refractivity contribution in [2.45, 2.75) is 45.7 Å². The molecule has 1 heterocycles. The molecule has 0 bridgehead atoms. The first-order valence-electron chi connectivity index (χ1n) is 13.4. The zero-order valence-electron chi connectivity index (χ0n) is 23.6. The van der Waals surface area contributed by atoms with Crippen LogP contribution in [0.2, 0.25) is 0 Å². The van der Waals surface area contributed by atoms with Crippen LogP contribution in [0.1, 0.15) is 53.7 Å². The van der Waals surface area contributed by atoms with E-state index in [1.165, 1.54) is 12.7 Å². The second-order valence-electron chi connectivity index (χ2n) is 9.57. The molecule has 2 atom stereocenters. The van der Waals surface area contributed by atoms with Crippen molar-refractivity contribution in [3.8, 4) is 17.2 Å². The molecule has 1 fully saturated rings. The Morgan fingerprint density at radius 1 is 1.15 bits per heavy atom. The molecular weight excluding hydrogens is 498 g/mol. The molecule has 0 aromatic heterocycles. The lowest BCUT2D eigenvalue weighted by Crippen LogP contribution is -2.34. The lowest BCUT2D eigenvalue weighted by atomic mass is 9.96. The van der Waals surface area contributed by atoms with Crippen LogP contribution in [0.5, 0.6) is 0 Å². The highest BCUT2D eigenvalue weighted by Crippen LogP contribution is 2.28. The molecule has 2 N–H and O–H groups in total. The highest BCUT2D eigenvalue weighted by Gasteiger charge is 2.28. The lowest BCUT2D eigenvalue weighted by molar-refractivity contribution is 0.0761. The van der Waals surface area contributed by atoms with Gasteiger partial charge in [-0.25, -0.2) is 0 Å². The van der Waals surface area contributed by atoms with E-state index in [0.29, 0.717) is 29.1 Å². The van der Waals surface area contributed by atoms with E-state index < -0.39 is 6.04 Å². The number of ether oxygens (including phenoxy) is 1. The molecule has 0 radical (unpaired) electrons. The van der Waals surface area contributed by atoms with Crippen LogP contribution in [0.15, 0.2) is 95.2 Å². The van der Waals surface area contributed by atoms with E-state index in [4.69, 9.17) is 10.5 Å². The Bertz CT molecular complexity index is 1400. The van der Waals surface area contributed by atoms with Crippen molar-refractivity contribution in [2.24, 2.45) is 15.9 Å². The van der Waals surface area contributed by atoms with Crippen molar-refractivity contribution in [3.63, 3.8) is 0 Å². The van der Waals surface area contributed by atoms with Gasteiger partial charge >= 0.3 is 0 Å². The van der Waals surface area contributed by atoms with Gasteiger partial charge in [0.15, 0.2) is 0 Å². The molecule has 206 valence electrons. The first-order valence-corrected chi connectivity index (χ1v) is 13.4. The summed E-state index contributed by atoms with van der Waals surface area (Å²) in [4.78, 5) is 15.4. The van der Waals surface area contributed by atoms with E-state index in [1.807, 2.05) is 66.4 Å². The number of rotatable bonds is 6. The number of likely N-dealkylation sites (tertiary alicyclic amines) is 1. The average molecular weight is 536 g/mol. The first-order chi connectivity index (χ1) is 19.4. The minimum absolute atomic E-state index is 0.0433. The average Bonchev–Trinajstić information content (AvgIpc) is 3.43. The quantitative estimate of drug-likeness (QED) is 0.177. The van der Waals surface area contributed by atoms with Gasteiger partial charge in [-0.05, 0) is 74.6 Å². The van der Waals surface area contributed by atoms with Crippen molar-refractivity contribution < 1.29 is 9.53 Å². The van der Waals surface area contributed by atoms with Crippen molar-refractivity contribution in [3.05, 3.63) is 107 Å². The number of hydrogen-bond donors (Lipinski definition) is 1. The maximum Gasteiger partial charge on any atom is 0.254 e. The molecule has 0 aliphatic carbocycles. The molecule has 40 heavy (non-hydrogen) atoms. The molecule has 1 amide bonds. The highest BCUT2D eigenvalue weighted by molar-refractivity contribution is 5.98. The van der Waals surface area contributed by atoms with Crippen LogP contribution in [0.4, 0.5) is 0 Å². The molecule has 3 aromatic carbocycles. The molecule has 1 saturated heterocycles. The standard InChI is InChI=1S/C26H29N5O2.C7H8/c1-4-8-23-10-7-12-31(23)26(32)22-14-19(17-29-30-25(33-3)18(2)28)13-21(15-22)24-11-6-5-9-20(24)16-27;1-7-5-3-2-4-6-7/h4-6,8-9,11,13-15,17-18,23H,7,10,12,28H2,1-3H3;2-6H,1H3/b8-4-,29-17+,30-25-;. The van der Waals surface area contributed by atoms with Crippen LogP contribution in [0, 0.1) is 18.3 Å². The normalized spacial score (nSPS) is 15.9. The van der Waals surface area contributed by atoms with E-state index in [-0.39, 0.29) is 11.9 Å². The minimum atomic E-state index is -0.392. The molecule has 3 aromatic rings. The van der Waals surface area contributed by atoms with Crippen LogP contribution in [0.3, 0.4) is 0 Å². The van der Waals surface area contributed by atoms with Gasteiger partial charge in [0.25, 0.3) is 5.91 Å². The Labute approximate surface area is 237 Å². The smallest absolute Gasteiger partial charge is 0.254 e. The van der Waals surface area contributed by atoms with Crippen molar-refractivity contribution in [2.75, 3.05) is 13.7 Å². The number of carbonyl (C=O) groups excluding carboxylic acids is 1. The van der Waals surface area contributed by atoms with E-state index in [2.05, 4.69) is 41.4 Å². The predicted molar refractivity (Wildman–Crippen MR) is 162 cm³/mol. The third-order valence-corrected chi connectivity index (χ3v) is 6.44. The van der Waals surface area contributed by atoms with E-state index >= 15 is 0 Å². The second-order valence-corrected chi connectivity index (χ2v) is 9.57. The predicted octanol–water partition coefficient (Wildman–Crippen LogP) is 6.13. The number of methoxy groups -OCH3 is 1. The molecule has 4 rings (SSSR count). The van der Waals surface area contributed by atoms with Crippen molar-refractivity contribution >= 4 is 18.0 Å². The fraction of sp³-hybridized carbons (Fsp3) is 0.273. The lowest BCUT2D eigenvalue weighted by Gasteiger charge is -2.23. The van der Waals surface area contributed by atoms with Crippen LogP contribution in [-0.4, -0.2) is 48.7 Å². The minimum Gasteiger partial charge on any atom is -0.482 e. The van der Waals surface area contributed by atoms with Gasteiger partial charge in [-0.15, -0.1) is 5.10 Å². The molecule has 1 aliphatic rings. The molecule has 1 aliphatic heterocycles. The van der Waals surface area contributed by atoms with Crippen molar-refractivity contribution in [1.29, 1.82) is 5.26 Å². The Morgan fingerprint density at radius 2 is 1.88 bits per heavy atom. The number of nitrogens with two attached hydrogens (primary N) is 1. The summed E-state index contributed by atoms with van der Waals surface area (Å²) in [6.07, 6.45) is 7.53. The Kier molecular flexibility index (Phi) is 11.4. The van der Waals surface area contributed by atoms with Gasteiger partial charge in [-0.2, -0.15) is 10.4 Å². The summed E-state index contributed by atoms with van der Waals surface area (Å²) in [7, 11) is 1.49. The van der Waals surface area contributed by atoms with Gasteiger partial charge in [0.2, 0.25) is 5.90 Å². The SMILES string of the molecule is C/C=C\C1CCCN1C(=O)c1cc(/C=N/N=C(\OC)C(C)N)cc(-c2ccccc2C#N)c1.Cc1ccccc1. The third-order valence-electron chi connectivity index (χ3n) is 6.44. The Balaban J connectivity index is 0.000000547. The Hall–Kier alpha value is -4.54. The molecule has 0 saturated carbocycles. The molecule has 7 heteroatoms. The summed E-state index contributed by atoms with van der Waals surface area (Å²) in [5.41, 5.74) is 10.4. The maximum atomic E-state index is 13.5. The summed E-state index contributed by atoms with van der Waals surface area (Å²) in [6.45, 7) is 6.52. The number of aryl methyl sites for hydroxylation is 1. The number of nitrogens with zero attached hydrogens (tertiary/aromatic N) is 4. The summed E-state index contributed by atoms with van der Waals surface area (Å²) in [5, 5.41) is 17.7. The van der Waals surface area contributed by atoms with Crippen molar-refractivity contribution in [1.82, 2.24) is 4.90 Å². The van der Waals surface area contributed by atoms with Gasteiger partial charge in [0, 0.05) is 12.1 Å². The molecule has 7 nitrogen and oxygen atoms in total. The molecular formula is C33H37N5O2.